The molecule has 0 atom stereocenters. The topological polar surface area (TPSA) is 28.2 Å². The number of hydrogen-bond acceptors (Lipinski definition) is 3. The first-order valence-electron chi connectivity index (χ1n) is 6.83. The summed E-state index contributed by atoms with van der Waals surface area (Å²) in [6, 6.07) is 10.8. The Morgan fingerprint density at radius 1 is 1.21 bits per heavy atom. The summed E-state index contributed by atoms with van der Waals surface area (Å²) in [6.45, 7) is 1.93. The van der Waals surface area contributed by atoms with Gasteiger partial charge in [0.1, 0.15) is 0 Å². The summed E-state index contributed by atoms with van der Waals surface area (Å²) < 4.78 is 0. The number of aryl methyl sites for hydroxylation is 1. The highest BCUT2D eigenvalue weighted by atomic mass is 15.1. The molecule has 0 spiro atoms. The van der Waals surface area contributed by atoms with Crippen molar-refractivity contribution in [2.75, 3.05) is 18.5 Å². The molecular weight excluding hydrogens is 234 g/mol. The van der Waals surface area contributed by atoms with Crippen LogP contribution in [0.2, 0.25) is 0 Å². The molecule has 98 valence electrons. The van der Waals surface area contributed by atoms with Gasteiger partial charge in [0.2, 0.25) is 0 Å². The fraction of sp³-hybridized carbons (Fsp3) is 0.312. The van der Waals surface area contributed by atoms with Gasteiger partial charge in [0.05, 0.1) is 0 Å². The third kappa shape index (κ3) is 2.34. The SMILES string of the molecule is CNCc1cnccc1N1CCCc2ccccc21. The van der Waals surface area contributed by atoms with E-state index < -0.39 is 0 Å². The zero-order chi connectivity index (χ0) is 13.1. The second kappa shape index (κ2) is 5.41. The van der Waals surface area contributed by atoms with E-state index in [-0.39, 0.29) is 0 Å². The van der Waals surface area contributed by atoms with Gasteiger partial charge in [-0.05, 0) is 37.6 Å². The molecule has 0 amide bonds. The van der Waals surface area contributed by atoms with E-state index in [1.807, 2.05) is 19.4 Å². The van der Waals surface area contributed by atoms with Crippen LogP contribution >= 0.6 is 0 Å². The van der Waals surface area contributed by atoms with Crippen molar-refractivity contribution in [2.24, 2.45) is 0 Å². The van der Waals surface area contributed by atoms with Crippen LogP contribution in [0.3, 0.4) is 0 Å². The van der Waals surface area contributed by atoms with E-state index in [1.54, 1.807) is 0 Å². The van der Waals surface area contributed by atoms with Gasteiger partial charge in [-0.15, -0.1) is 0 Å². The molecule has 0 saturated carbocycles. The van der Waals surface area contributed by atoms with Crippen LogP contribution in [-0.4, -0.2) is 18.6 Å². The Balaban J connectivity index is 2.04. The Labute approximate surface area is 114 Å². The van der Waals surface area contributed by atoms with E-state index in [9.17, 15) is 0 Å². The van der Waals surface area contributed by atoms with Crippen molar-refractivity contribution >= 4 is 11.4 Å². The lowest BCUT2D eigenvalue weighted by Gasteiger charge is -2.32. The van der Waals surface area contributed by atoms with Crippen molar-refractivity contribution in [2.45, 2.75) is 19.4 Å². The number of anilines is 2. The molecule has 1 N–H and O–H groups in total. The molecule has 3 nitrogen and oxygen atoms in total. The normalized spacial score (nSPS) is 14.3. The van der Waals surface area contributed by atoms with Gasteiger partial charge in [0, 0.05) is 42.4 Å². The first kappa shape index (κ1) is 12.2. The Kier molecular flexibility index (Phi) is 3.47. The third-order valence-electron chi connectivity index (χ3n) is 3.65. The summed E-state index contributed by atoms with van der Waals surface area (Å²) in [6.07, 6.45) is 6.23. The largest absolute Gasteiger partial charge is 0.341 e. The summed E-state index contributed by atoms with van der Waals surface area (Å²) in [5.74, 6) is 0. The van der Waals surface area contributed by atoms with Crippen LogP contribution in [0.25, 0.3) is 0 Å². The van der Waals surface area contributed by atoms with Crippen LogP contribution in [0, 0.1) is 0 Å². The standard InChI is InChI=1S/C16H19N3/c1-17-11-14-12-18-9-8-16(14)19-10-4-6-13-5-2-3-7-15(13)19/h2-3,5,7-9,12,17H,4,6,10-11H2,1H3. The number of benzene rings is 1. The predicted octanol–water partition coefficient (Wildman–Crippen LogP) is 2.89. The Bertz CT molecular complexity index is 565. The van der Waals surface area contributed by atoms with Gasteiger partial charge in [-0.2, -0.15) is 0 Å². The Morgan fingerprint density at radius 2 is 2.11 bits per heavy atom. The summed E-state index contributed by atoms with van der Waals surface area (Å²) in [7, 11) is 1.97. The fourth-order valence-corrected chi connectivity index (χ4v) is 2.79. The average Bonchev–Trinajstić information content (AvgIpc) is 2.48. The van der Waals surface area contributed by atoms with Crippen LogP contribution in [-0.2, 0) is 13.0 Å². The number of rotatable bonds is 3. The second-order valence-corrected chi connectivity index (χ2v) is 4.92. The lowest BCUT2D eigenvalue weighted by atomic mass is 10.0. The highest BCUT2D eigenvalue weighted by Gasteiger charge is 2.19. The lowest BCUT2D eigenvalue weighted by molar-refractivity contribution is 0.753. The molecule has 0 aliphatic carbocycles. The summed E-state index contributed by atoms with van der Waals surface area (Å²) in [4.78, 5) is 6.67. The van der Waals surface area contributed by atoms with Crippen molar-refractivity contribution in [1.82, 2.24) is 10.3 Å². The molecule has 1 aromatic heterocycles. The number of aromatic nitrogens is 1. The van der Waals surface area contributed by atoms with E-state index >= 15 is 0 Å². The van der Waals surface area contributed by atoms with Gasteiger partial charge < -0.3 is 10.2 Å². The highest BCUT2D eigenvalue weighted by Crippen LogP contribution is 2.34. The average molecular weight is 253 g/mol. The molecule has 0 saturated heterocycles. The maximum absolute atomic E-state index is 4.25. The van der Waals surface area contributed by atoms with Crippen LogP contribution in [0.5, 0.6) is 0 Å². The minimum atomic E-state index is 0.849. The molecule has 0 radical (unpaired) electrons. The minimum absolute atomic E-state index is 0.849. The molecule has 3 rings (SSSR count). The van der Waals surface area contributed by atoms with Crippen molar-refractivity contribution in [3.63, 3.8) is 0 Å². The maximum atomic E-state index is 4.25. The molecule has 19 heavy (non-hydrogen) atoms. The van der Waals surface area contributed by atoms with Gasteiger partial charge in [-0.3, -0.25) is 4.98 Å². The molecular formula is C16H19N3. The van der Waals surface area contributed by atoms with Gasteiger partial charge in [0.25, 0.3) is 0 Å². The van der Waals surface area contributed by atoms with E-state index in [1.165, 1.54) is 35.3 Å². The van der Waals surface area contributed by atoms with Gasteiger partial charge in [-0.25, -0.2) is 0 Å². The van der Waals surface area contributed by atoms with Crippen LogP contribution < -0.4 is 10.2 Å². The number of hydrogen-bond donors (Lipinski definition) is 1. The summed E-state index contributed by atoms with van der Waals surface area (Å²) in [5.41, 5.74) is 5.32. The van der Waals surface area contributed by atoms with Gasteiger partial charge in [0.15, 0.2) is 0 Å². The van der Waals surface area contributed by atoms with Crippen molar-refractivity contribution in [3.05, 3.63) is 53.9 Å². The molecule has 1 aromatic carbocycles. The van der Waals surface area contributed by atoms with Crippen LogP contribution in [0.15, 0.2) is 42.7 Å². The first-order valence-corrected chi connectivity index (χ1v) is 6.83. The van der Waals surface area contributed by atoms with Gasteiger partial charge in [-0.1, -0.05) is 18.2 Å². The molecule has 1 aliphatic rings. The molecule has 2 heterocycles. The molecule has 1 aliphatic heterocycles. The van der Waals surface area contributed by atoms with E-state index in [0.717, 1.165) is 13.1 Å². The Morgan fingerprint density at radius 3 is 3.00 bits per heavy atom. The predicted molar refractivity (Wildman–Crippen MR) is 78.8 cm³/mol. The molecule has 0 bridgehead atoms. The van der Waals surface area contributed by atoms with Crippen LogP contribution in [0.1, 0.15) is 17.5 Å². The molecule has 3 heteroatoms. The number of fused-ring (bicyclic) bond motifs is 1. The molecule has 2 aromatic rings. The lowest BCUT2D eigenvalue weighted by Crippen LogP contribution is -2.26. The maximum Gasteiger partial charge on any atom is 0.0487 e. The Hall–Kier alpha value is -1.87. The number of pyridine rings is 1. The quantitative estimate of drug-likeness (QED) is 0.911. The van der Waals surface area contributed by atoms with Crippen molar-refractivity contribution < 1.29 is 0 Å². The molecule has 0 unspecified atom stereocenters. The monoisotopic (exact) mass is 253 g/mol. The van der Waals surface area contributed by atoms with Crippen molar-refractivity contribution in [3.8, 4) is 0 Å². The van der Waals surface area contributed by atoms with E-state index in [4.69, 9.17) is 0 Å². The van der Waals surface area contributed by atoms with Crippen LogP contribution in [0.4, 0.5) is 11.4 Å². The zero-order valence-corrected chi connectivity index (χ0v) is 11.3. The molecule has 0 fully saturated rings. The smallest absolute Gasteiger partial charge is 0.0487 e. The summed E-state index contributed by atoms with van der Waals surface area (Å²) in [5, 5.41) is 3.22. The number of nitrogens with one attached hydrogen (secondary N) is 1. The number of nitrogens with zero attached hydrogens (tertiary/aromatic N) is 2. The van der Waals surface area contributed by atoms with E-state index in [0.29, 0.717) is 0 Å². The summed E-state index contributed by atoms with van der Waals surface area (Å²) >= 11 is 0. The van der Waals surface area contributed by atoms with E-state index in [2.05, 4.69) is 45.5 Å². The first-order chi connectivity index (χ1) is 9.40. The minimum Gasteiger partial charge on any atom is -0.341 e. The number of para-hydroxylation sites is 1. The zero-order valence-electron chi connectivity index (χ0n) is 11.3. The second-order valence-electron chi connectivity index (χ2n) is 4.92. The van der Waals surface area contributed by atoms with Crippen molar-refractivity contribution in [1.29, 1.82) is 0 Å². The highest BCUT2D eigenvalue weighted by molar-refractivity contribution is 5.69. The van der Waals surface area contributed by atoms with Gasteiger partial charge >= 0.3 is 0 Å². The fourth-order valence-electron chi connectivity index (χ4n) is 2.79. The third-order valence-corrected chi connectivity index (χ3v) is 3.65.